The number of nitro groups is 1. The second kappa shape index (κ2) is 6.88. The van der Waals surface area contributed by atoms with Crippen LogP contribution in [0.15, 0.2) is 18.2 Å². The molecular weight excluding hydrogens is 282 g/mol. The number of rotatable bonds is 5. The van der Waals surface area contributed by atoms with Gasteiger partial charge in [-0.15, -0.1) is 0 Å². The van der Waals surface area contributed by atoms with E-state index >= 15 is 0 Å². The van der Waals surface area contributed by atoms with Gasteiger partial charge in [0.15, 0.2) is 0 Å². The molecule has 2 unspecified atom stereocenters. The lowest BCUT2D eigenvalue weighted by atomic mass is 10.1. The number of ether oxygens (including phenoxy) is 1. The van der Waals surface area contributed by atoms with Gasteiger partial charge in [0, 0.05) is 29.7 Å². The van der Waals surface area contributed by atoms with Crippen molar-refractivity contribution in [3.8, 4) is 0 Å². The van der Waals surface area contributed by atoms with Crippen LogP contribution >= 0.6 is 11.6 Å². The molecule has 0 aromatic heterocycles. The van der Waals surface area contributed by atoms with E-state index in [0.29, 0.717) is 17.3 Å². The van der Waals surface area contributed by atoms with E-state index in [1.807, 2.05) is 6.92 Å². The Hall–Kier alpha value is -1.37. The summed E-state index contributed by atoms with van der Waals surface area (Å²) in [5, 5.41) is 18.0. The molecule has 0 radical (unpaired) electrons. The van der Waals surface area contributed by atoms with Crippen molar-refractivity contribution >= 4 is 23.0 Å². The fourth-order valence-corrected chi connectivity index (χ4v) is 2.48. The van der Waals surface area contributed by atoms with Gasteiger partial charge < -0.3 is 15.4 Å². The molecule has 2 N–H and O–H groups in total. The lowest BCUT2D eigenvalue weighted by Gasteiger charge is -2.27. The average Bonchev–Trinajstić information content (AvgIpc) is 2.39. The van der Waals surface area contributed by atoms with E-state index in [9.17, 15) is 10.1 Å². The van der Waals surface area contributed by atoms with E-state index in [-0.39, 0.29) is 17.8 Å². The second-order valence-electron chi connectivity index (χ2n) is 4.93. The van der Waals surface area contributed by atoms with E-state index in [1.54, 1.807) is 6.07 Å². The van der Waals surface area contributed by atoms with Gasteiger partial charge in [-0.25, -0.2) is 0 Å². The minimum atomic E-state index is -0.409. The van der Waals surface area contributed by atoms with Gasteiger partial charge in [-0.3, -0.25) is 10.1 Å². The van der Waals surface area contributed by atoms with Crippen LogP contribution in [-0.2, 0) is 4.74 Å². The first kappa shape index (κ1) is 15.0. The molecule has 2 atom stereocenters. The van der Waals surface area contributed by atoms with Crippen LogP contribution in [-0.4, -0.2) is 36.8 Å². The molecule has 0 saturated carbocycles. The zero-order valence-electron chi connectivity index (χ0n) is 11.3. The van der Waals surface area contributed by atoms with Gasteiger partial charge in [0.2, 0.25) is 0 Å². The van der Waals surface area contributed by atoms with Crippen LogP contribution in [0.1, 0.15) is 13.3 Å². The Bertz CT molecular complexity index is 478. The summed E-state index contributed by atoms with van der Waals surface area (Å²) in [5.74, 6) is 0. The number of nitrogens with zero attached hydrogens (tertiary/aromatic N) is 1. The number of anilines is 1. The summed E-state index contributed by atoms with van der Waals surface area (Å²) >= 11 is 5.90. The van der Waals surface area contributed by atoms with Crippen molar-refractivity contribution in [1.82, 2.24) is 5.32 Å². The van der Waals surface area contributed by atoms with E-state index in [1.165, 1.54) is 12.1 Å². The maximum absolute atomic E-state index is 11.0. The topological polar surface area (TPSA) is 76.4 Å². The first-order chi connectivity index (χ1) is 9.56. The standard InChI is InChI=1S/C13H18ClN3O3/c1-9(6-11-8-20-5-4-15-11)16-12-7-10(14)2-3-13(12)17(18)19/h2-3,7,9,11,15-16H,4-6,8H2,1H3. The molecule has 0 amide bonds. The Morgan fingerprint density at radius 1 is 1.65 bits per heavy atom. The summed E-state index contributed by atoms with van der Waals surface area (Å²) in [6.07, 6.45) is 0.823. The predicted octanol–water partition coefficient (Wildman–Crippen LogP) is 2.43. The fourth-order valence-electron chi connectivity index (χ4n) is 2.31. The smallest absolute Gasteiger partial charge is 0.292 e. The number of hydrogen-bond donors (Lipinski definition) is 2. The highest BCUT2D eigenvalue weighted by Crippen LogP contribution is 2.28. The van der Waals surface area contributed by atoms with Crippen molar-refractivity contribution < 1.29 is 9.66 Å². The van der Waals surface area contributed by atoms with Crippen LogP contribution in [0, 0.1) is 10.1 Å². The maximum Gasteiger partial charge on any atom is 0.292 e. The fraction of sp³-hybridized carbons (Fsp3) is 0.538. The number of nitro benzene ring substituents is 1. The molecule has 1 aromatic carbocycles. The third-order valence-electron chi connectivity index (χ3n) is 3.19. The van der Waals surface area contributed by atoms with E-state index in [4.69, 9.17) is 16.3 Å². The van der Waals surface area contributed by atoms with Gasteiger partial charge >= 0.3 is 0 Å². The monoisotopic (exact) mass is 299 g/mol. The highest BCUT2D eigenvalue weighted by molar-refractivity contribution is 6.31. The van der Waals surface area contributed by atoms with Crippen LogP contribution in [0.4, 0.5) is 11.4 Å². The second-order valence-corrected chi connectivity index (χ2v) is 5.36. The highest BCUT2D eigenvalue weighted by atomic mass is 35.5. The Kier molecular flexibility index (Phi) is 5.17. The van der Waals surface area contributed by atoms with Gasteiger partial charge in [-0.2, -0.15) is 0 Å². The molecular formula is C13H18ClN3O3. The van der Waals surface area contributed by atoms with Gasteiger partial charge in [0.1, 0.15) is 5.69 Å². The van der Waals surface area contributed by atoms with Crippen molar-refractivity contribution in [2.24, 2.45) is 0 Å². The number of morpholine rings is 1. The Morgan fingerprint density at radius 2 is 2.45 bits per heavy atom. The molecule has 0 spiro atoms. The zero-order valence-corrected chi connectivity index (χ0v) is 12.0. The van der Waals surface area contributed by atoms with Gasteiger partial charge in [0.05, 0.1) is 18.1 Å². The first-order valence-electron chi connectivity index (χ1n) is 6.58. The van der Waals surface area contributed by atoms with E-state index in [0.717, 1.165) is 19.6 Å². The summed E-state index contributed by atoms with van der Waals surface area (Å²) in [6.45, 7) is 4.23. The Balaban J connectivity index is 2.00. The minimum absolute atomic E-state index is 0.0362. The van der Waals surface area contributed by atoms with E-state index < -0.39 is 4.92 Å². The third-order valence-corrected chi connectivity index (χ3v) is 3.43. The lowest BCUT2D eigenvalue weighted by Crippen LogP contribution is -2.43. The molecule has 1 aliphatic rings. The highest BCUT2D eigenvalue weighted by Gasteiger charge is 2.19. The molecule has 1 aliphatic heterocycles. The van der Waals surface area contributed by atoms with Crippen LogP contribution < -0.4 is 10.6 Å². The number of hydrogen-bond acceptors (Lipinski definition) is 5. The Morgan fingerprint density at radius 3 is 3.10 bits per heavy atom. The van der Waals surface area contributed by atoms with Crippen molar-refractivity contribution in [3.63, 3.8) is 0 Å². The molecule has 0 bridgehead atoms. The quantitative estimate of drug-likeness (QED) is 0.645. The van der Waals surface area contributed by atoms with E-state index in [2.05, 4.69) is 10.6 Å². The molecule has 110 valence electrons. The normalized spacial score (nSPS) is 20.4. The van der Waals surface area contributed by atoms with Crippen molar-refractivity contribution in [2.75, 3.05) is 25.1 Å². The Labute approximate surface area is 122 Å². The summed E-state index contributed by atoms with van der Waals surface area (Å²) in [5.41, 5.74) is 0.487. The minimum Gasteiger partial charge on any atom is -0.379 e. The molecule has 1 heterocycles. The molecule has 1 saturated heterocycles. The van der Waals surface area contributed by atoms with Crippen LogP contribution in [0.5, 0.6) is 0 Å². The number of benzene rings is 1. The summed E-state index contributed by atoms with van der Waals surface area (Å²) < 4.78 is 5.39. The number of halogens is 1. The van der Waals surface area contributed by atoms with Crippen LogP contribution in [0.3, 0.4) is 0 Å². The van der Waals surface area contributed by atoms with Crippen LogP contribution in [0.2, 0.25) is 5.02 Å². The van der Waals surface area contributed by atoms with Gasteiger partial charge in [-0.1, -0.05) is 11.6 Å². The van der Waals surface area contributed by atoms with Crippen LogP contribution in [0.25, 0.3) is 0 Å². The first-order valence-corrected chi connectivity index (χ1v) is 6.95. The molecule has 1 aromatic rings. The molecule has 0 aliphatic carbocycles. The summed E-state index contributed by atoms with van der Waals surface area (Å²) in [6, 6.07) is 4.86. The largest absolute Gasteiger partial charge is 0.379 e. The molecule has 1 fully saturated rings. The summed E-state index contributed by atoms with van der Waals surface area (Å²) in [7, 11) is 0. The van der Waals surface area contributed by atoms with Crippen molar-refractivity contribution in [3.05, 3.63) is 33.3 Å². The molecule has 7 heteroatoms. The third kappa shape index (κ3) is 4.06. The SMILES string of the molecule is CC(CC1COCCN1)Nc1cc(Cl)ccc1[N+](=O)[O-]. The average molecular weight is 300 g/mol. The molecule has 6 nitrogen and oxygen atoms in total. The molecule has 20 heavy (non-hydrogen) atoms. The van der Waals surface area contributed by atoms with Crippen molar-refractivity contribution in [2.45, 2.75) is 25.4 Å². The lowest BCUT2D eigenvalue weighted by molar-refractivity contribution is -0.384. The van der Waals surface area contributed by atoms with Gasteiger partial charge in [-0.05, 0) is 25.5 Å². The van der Waals surface area contributed by atoms with Gasteiger partial charge in [0.25, 0.3) is 5.69 Å². The predicted molar refractivity (Wildman–Crippen MR) is 78.4 cm³/mol. The maximum atomic E-state index is 11.0. The van der Waals surface area contributed by atoms with Crippen molar-refractivity contribution in [1.29, 1.82) is 0 Å². The zero-order chi connectivity index (χ0) is 14.5. The summed E-state index contributed by atoms with van der Waals surface area (Å²) in [4.78, 5) is 10.6. The molecule has 2 rings (SSSR count). The number of nitrogens with one attached hydrogen (secondary N) is 2.